The van der Waals surface area contributed by atoms with Gasteiger partial charge in [-0.05, 0) is 25.2 Å². The van der Waals surface area contributed by atoms with E-state index in [1.54, 1.807) is 6.34 Å². The number of likely N-dealkylation sites (tertiary alicyclic amines) is 1. The van der Waals surface area contributed by atoms with E-state index in [0.29, 0.717) is 12.5 Å². The Morgan fingerprint density at radius 3 is 3.00 bits per heavy atom. The molecule has 0 aliphatic carbocycles. The summed E-state index contributed by atoms with van der Waals surface area (Å²) in [4.78, 5) is 17.1. The number of carbonyl (C=O) groups excluding carboxylic acids is 1. The highest BCUT2D eigenvalue weighted by molar-refractivity contribution is 5.78. The average Bonchev–Trinajstić information content (AvgIpc) is 2.80. The summed E-state index contributed by atoms with van der Waals surface area (Å²) in [7, 11) is 0. The van der Waals surface area contributed by atoms with E-state index in [1.807, 2.05) is 0 Å². The van der Waals surface area contributed by atoms with Gasteiger partial charge in [-0.3, -0.25) is 0 Å². The van der Waals surface area contributed by atoms with Gasteiger partial charge in [-0.25, -0.2) is 4.79 Å². The van der Waals surface area contributed by atoms with Crippen LogP contribution in [0.1, 0.15) is 39.5 Å². The van der Waals surface area contributed by atoms with Gasteiger partial charge in [0.05, 0.1) is 12.9 Å². The Bertz CT molecular complexity index is 254. The third-order valence-electron chi connectivity index (χ3n) is 3.03. The van der Waals surface area contributed by atoms with Crippen LogP contribution in [0.3, 0.4) is 0 Å². The van der Waals surface area contributed by atoms with E-state index in [9.17, 15) is 4.79 Å². The second-order valence-electron chi connectivity index (χ2n) is 4.44. The summed E-state index contributed by atoms with van der Waals surface area (Å²) in [5.41, 5.74) is 0. The Labute approximate surface area is 104 Å². The van der Waals surface area contributed by atoms with Gasteiger partial charge in [0.2, 0.25) is 0 Å². The van der Waals surface area contributed by atoms with Crippen LogP contribution in [0, 0.1) is 12.3 Å². The van der Waals surface area contributed by atoms with Crippen LogP contribution in [0.2, 0.25) is 0 Å². The molecule has 1 aliphatic heterocycles. The fourth-order valence-corrected chi connectivity index (χ4v) is 1.87. The third kappa shape index (κ3) is 5.71. The van der Waals surface area contributed by atoms with Crippen LogP contribution in [0.15, 0.2) is 4.99 Å². The van der Waals surface area contributed by atoms with Crippen molar-refractivity contribution in [1.82, 2.24) is 4.90 Å². The molecule has 1 saturated heterocycles. The van der Waals surface area contributed by atoms with Crippen molar-refractivity contribution in [2.24, 2.45) is 10.9 Å². The van der Waals surface area contributed by atoms with Crippen molar-refractivity contribution in [3.05, 3.63) is 6.42 Å². The van der Waals surface area contributed by atoms with Gasteiger partial charge in [0, 0.05) is 13.1 Å². The zero-order chi connectivity index (χ0) is 12.5. The summed E-state index contributed by atoms with van der Waals surface area (Å²) in [5, 5.41) is 0. The van der Waals surface area contributed by atoms with Crippen LogP contribution in [0.5, 0.6) is 0 Å². The van der Waals surface area contributed by atoms with E-state index in [2.05, 4.69) is 30.2 Å². The van der Waals surface area contributed by atoms with Crippen molar-refractivity contribution in [2.75, 3.05) is 19.7 Å². The van der Waals surface area contributed by atoms with E-state index in [-0.39, 0.29) is 0 Å². The monoisotopic (exact) mass is 239 g/mol. The topological polar surface area (TPSA) is 41.9 Å². The van der Waals surface area contributed by atoms with Crippen LogP contribution in [0.25, 0.3) is 0 Å². The highest BCUT2D eigenvalue weighted by Gasteiger charge is 2.18. The molecule has 4 heteroatoms. The molecule has 1 fully saturated rings. The van der Waals surface area contributed by atoms with Crippen molar-refractivity contribution >= 4 is 12.4 Å². The van der Waals surface area contributed by atoms with Gasteiger partial charge >= 0.3 is 6.09 Å². The summed E-state index contributed by atoms with van der Waals surface area (Å²) in [6, 6.07) is 0. The standard InChI is InChI=1S/C13H23N2O2/c1-3-5-6-9-17-13(16)14-11-15-8-7-12(4-2)10-15/h4,11-12H,3,5-10H2,1-2H3. The smallest absolute Gasteiger partial charge is 0.434 e. The van der Waals surface area contributed by atoms with Gasteiger partial charge < -0.3 is 9.64 Å². The van der Waals surface area contributed by atoms with Crippen molar-refractivity contribution in [1.29, 1.82) is 0 Å². The molecule has 1 amide bonds. The second-order valence-corrected chi connectivity index (χ2v) is 4.44. The molecule has 1 rings (SSSR count). The maximum Gasteiger partial charge on any atom is 0.434 e. The lowest BCUT2D eigenvalue weighted by Gasteiger charge is -2.10. The molecular weight excluding hydrogens is 216 g/mol. The zero-order valence-electron chi connectivity index (χ0n) is 10.9. The van der Waals surface area contributed by atoms with Crippen molar-refractivity contribution in [3.8, 4) is 0 Å². The molecule has 0 spiro atoms. The van der Waals surface area contributed by atoms with E-state index in [1.165, 1.54) is 0 Å². The lowest BCUT2D eigenvalue weighted by molar-refractivity contribution is 0.155. The van der Waals surface area contributed by atoms with Crippen molar-refractivity contribution in [2.45, 2.75) is 39.5 Å². The summed E-state index contributed by atoms with van der Waals surface area (Å²) in [5.74, 6) is 0.627. The molecule has 0 aromatic rings. The highest BCUT2D eigenvalue weighted by Crippen LogP contribution is 2.16. The molecule has 0 bridgehead atoms. The Balaban J connectivity index is 2.13. The number of aliphatic imine (C=N–C) groups is 1. The molecule has 1 aliphatic rings. The lowest BCUT2D eigenvalue weighted by atomic mass is 10.1. The Morgan fingerprint density at radius 2 is 2.35 bits per heavy atom. The van der Waals surface area contributed by atoms with Gasteiger partial charge in [-0.1, -0.05) is 26.7 Å². The number of hydrogen-bond donors (Lipinski definition) is 0. The Morgan fingerprint density at radius 1 is 1.53 bits per heavy atom. The summed E-state index contributed by atoms with van der Waals surface area (Å²) < 4.78 is 4.99. The van der Waals surface area contributed by atoms with E-state index < -0.39 is 6.09 Å². The molecule has 0 saturated carbocycles. The molecule has 0 aromatic carbocycles. The fourth-order valence-electron chi connectivity index (χ4n) is 1.87. The molecule has 1 atom stereocenters. The van der Waals surface area contributed by atoms with Crippen LogP contribution in [-0.4, -0.2) is 37.0 Å². The van der Waals surface area contributed by atoms with Crippen molar-refractivity contribution < 1.29 is 9.53 Å². The van der Waals surface area contributed by atoms with E-state index in [0.717, 1.165) is 38.8 Å². The first-order valence-electron chi connectivity index (χ1n) is 6.50. The molecule has 4 nitrogen and oxygen atoms in total. The zero-order valence-corrected chi connectivity index (χ0v) is 10.9. The molecule has 1 radical (unpaired) electrons. The first-order valence-corrected chi connectivity index (χ1v) is 6.50. The normalized spacial score (nSPS) is 20.1. The maximum atomic E-state index is 11.3. The summed E-state index contributed by atoms with van der Waals surface area (Å²) in [6.07, 6.45) is 7.65. The number of carbonyl (C=O) groups is 1. The third-order valence-corrected chi connectivity index (χ3v) is 3.03. The fraction of sp³-hybridized carbons (Fsp3) is 0.769. The minimum absolute atomic E-state index is 0.468. The maximum absolute atomic E-state index is 11.3. The minimum Gasteiger partial charge on any atom is -0.448 e. The van der Waals surface area contributed by atoms with Crippen LogP contribution in [-0.2, 0) is 4.74 Å². The minimum atomic E-state index is -0.468. The highest BCUT2D eigenvalue weighted by atomic mass is 16.5. The average molecular weight is 239 g/mol. The quantitative estimate of drug-likeness (QED) is 0.406. The summed E-state index contributed by atoms with van der Waals surface area (Å²) >= 11 is 0. The van der Waals surface area contributed by atoms with Gasteiger partial charge in [0.25, 0.3) is 0 Å². The molecule has 1 unspecified atom stereocenters. The molecule has 0 N–H and O–H groups in total. The SMILES string of the molecule is C[CH]C1CCN(C=NC(=O)OCCCCC)C1. The molecule has 0 aromatic heterocycles. The predicted octanol–water partition coefficient (Wildman–Crippen LogP) is 2.89. The molecule has 17 heavy (non-hydrogen) atoms. The summed E-state index contributed by atoms with van der Waals surface area (Å²) in [6.45, 7) is 6.61. The molecular formula is C13H23N2O2. The van der Waals surface area contributed by atoms with Gasteiger partial charge in [-0.15, -0.1) is 0 Å². The van der Waals surface area contributed by atoms with Crippen LogP contribution >= 0.6 is 0 Å². The van der Waals surface area contributed by atoms with E-state index >= 15 is 0 Å². The number of ether oxygens (including phenoxy) is 1. The molecule has 97 valence electrons. The predicted molar refractivity (Wildman–Crippen MR) is 69.0 cm³/mol. The number of rotatable bonds is 6. The lowest BCUT2D eigenvalue weighted by Crippen LogP contribution is -2.19. The number of nitrogens with zero attached hydrogens (tertiary/aromatic N) is 2. The largest absolute Gasteiger partial charge is 0.448 e. The van der Waals surface area contributed by atoms with Gasteiger partial charge in [0.15, 0.2) is 0 Å². The van der Waals surface area contributed by atoms with Crippen molar-refractivity contribution in [3.63, 3.8) is 0 Å². The van der Waals surface area contributed by atoms with E-state index in [4.69, 9.17) is 4.74 Å². The number of hydrogen-bond acceptors (Lipinski definition) is 2. The molecule has 1 heterocycles. The number of unbranched alkanes of at least 4 members (excludes halogenated alkanes) is 2. The van der Waals surface area contributed by atoms with Crippen LogP contribution in [0.4, 0.5) is 4.79 Å². The first-order chi connectivity index (χ1) is 8.26. The Hall–Kier alpha value is -1.06. The second kappa shape index (κ2) is 8.09. The number of amides is 1. The Kier molecular flexibility index (Phi) is 6.67. The first kappa shape index (κ1) is 14.0. The van der Waals surface area contributed by atoms with Crippen LogP contribution < -0.4 is 0 Å². The van der Waals surface area contributed by atoms with Gasteiger partial charge in [0.1, 0.15) is 0 Å². The van der Waals surface area contributed by atoms with Gasteiger partial charge in [-0.2, -0.15) is 4.99 Å².